The minimum atomic E-state index is -0.567. The zero-order chi connectivity index (χ0) is 9.64. The van der Waals surface area contributed by atoms with E-state index in [1.54, 1.807) is 0 Å². The monoisotopic (exact) mass is 182 g/mol. The summed E-state index contributed by atoms with van der Waals surface area (Å²) in [7, 11) is 0. The van der Waals surface area contributed by atoms with E-state index in [0.29, 0.717) is 11.3 Å². The van der Waals surface area contributed by atoms with Crippen LogP contribution >= 0.6 is 0 Å². The van der Waals surface area contributed by atoms with E-state index in [0.717, 1.165) is 0 Å². The third-order valence-electron chi connectivity index (χ3n) is 2.22. The van der Waals surface area contributed by atoms with Crippen molar-refractivity contribution in [2.45, 2.75) is 26.1 Å². The van der Waals surface area contributed by atoms with Gasteiger partial charge in [-0.3, -0.25) is 9.78 Å². The predicted molar refractivity (Wildman–Crippen MR) is 45.5 cm³/mol. The van der Waals surface area contributed by atoms with Crippen LogP contribution in [-0.2, 0) is 16.9 Å². The Kier molecular flexibility index (Phi) is 1.47. The summed E-state index contributed by atoms with van der Waals surface area (Å²) in [5.41, 5.74) is -0.305. The summed E-state index contributed by atoms with van der Waals surface area (Å²) in [6.45, 7) is 3.89. The average Bonchev–Trinajstić information content (AvgIpc) is 2.28. The molecule has 0 bridgehead atoms. The second kappa shape index (κ2) is 2.32. The van der Waals surface area contributed by atoms with Gasteiger partial charge in [0.05, 0.1) is 17.9 Å². The highest BCUT2D eigenvalue weighted by Gasteiger charge is 2.33. The van der Waals surface area contributed by atoms with E-state index >= 15 is 0 Å². The first-order valence-electron chi connectivity index (χ1n) is 4.00. The first kappa shape index (κ1) is 8.25. The fourth-order valence-electron chi connectivity index (χ4n) is 1.49. The van der Waals surface area contributed by atoms with Gasteiger partial charge in [-0.05, 0) is 13.8 Å². The number of H-pyrrole nitrogens is 2. The normalized spacial score (nSPS) is 18.6. The van der Waals surface area contributed by atoms with Gasteiger partial charge in [0, 0.05) is 0 Å². The SMILES string of the molecule is CC1(C)OCc2c1[nH]c(=O)[nH]c2=O. The number of aromatic amines is 2. The molecule has 1 aromatic rings. The zero-order valence-corrected chi connectivity index (χ0v) is 7.43. The quantitative estimate of drug-likeness (QED) is 0.584. The van der Waals surface area contributed by atoms with Gasteiger partial charge < -0.3 is 9.72 Å². The largest absolute Gasteiger partial charge is 0.364 e. The standard InChI is InChI=1S/C8H10N2O3/c1-8(2)5-4(3-13-8)6(11)10-7(12)9-5/h3H2,1-2H3,(H2,9,10,11,12). The molecule has 0 aliphatic carbocycles. The number of rotatable bonds is 0. The lowest BCUT2D eigenvalue weighted by Crippen LogP contribution is -2.29. The Morgan fingerprint density at radius 2 is 2.00 bits per heavy atom. The van der Waals surface area contributed by atoms with Crippen LogP contribution in [0, 0.1) is 0 Å². The van der Waals surface area contributed by atoms with Crippen LogP contribution in [0.5, 0.6) is 0 Å². The van der Waals surface area contributed by atoms with Gasteiger partial charge in [0.15, 0.2) is 0 Å². The van der Waals surface area contributed by atoms with Crippen molar-refractivity contribution >= 4 is 0 Å². The molecule has 2 N–H and O–H groups in total. The molecular formula is C8H10N2O3. The van der Waals surface area contributed by atoms with Crippen LogP contribution in [0.1, 0.15) is 25.1 Å². The molecule has 2 heterocycles. The molecule has 1 aliphatic heterocycles. The van der Waals surface area contributed by atoms with Crippen molar-refractivity contribution in [3.63, 3.8) is 0 Å². The molecule has 0 aromatic carbocycles. The Morgan fingerprint density at radius 1 is 1.31 bits per heavy atom. The summed E-state index contributed by atoms with van der Waals surface area (Å²) in [6.07, 6.45) is 0. The van der Waals surface area contributed by atoms with Crippen molar-refractivity contribution < 1.29 is 4.74 Å². The van der Waals surface area contributed by atoms with E-state index in [9.17, 15) is 9.59 Å². The fraction of sp³-hybridized carbons (Fsp3) is 0.500. The van der Waals surface area contributed by atoms with Crippen molar-refractivity contribution in [2.75, 3.05) is 0 Å². The molecule has 2 rings (SSSR count). The molecular weight excluding hydrogens is 172 g/mol. The van der Waals surface area contributed by atoms with E-state index in [-0.39, 0.29) is 12.2 Å². The van der Waals surface area contributed by atoms with Gasteiger partial charge in [-0.25, -0.2) is 4.79 Å². The molecule has 70 valence electrons. The van der Waals surface area contributed by atoms with Crippen molar-refractivity contribution in [3.05, 3.63) is 32.1 Å². The molecule has 1 aliphatic rings. The third kappa shape index (κ3) is 1.12. The lowest BCUT2D eigenvalue weighted by atomic mass is 10.0. The molecule has 0 amide bonds. The Balaban J connectivity index is 2.79. The summed E-state index contributed by atoms with van der Waals surface area (Å²) < 4.78 is 5.36. The van der Waals surface area contributed by atoms with Crippen molar-refractivity contribution in [3.8, 4) is 0 Å². The predicted octanol–water partition coefficient (Wildman–Crippen LogP) is -0.171. The highest BCUT2D eigenvalue weighted by atomic mass is 16.5. The molecule has 0 saturated heterocycles. The lowest BCUT2D eigenvalue weighted by molar-refractivity contribution is -0.0103. The van der Waals surface area contributed by atoms with Gasteiger partial charge in [-0.2, -0.15) is 0 Å². The van der Waals surface area contributed by atoms with Gasteiger partial charge in [0.1, 0.15) is 5.60 Å². The number of hydrogen-bond donors (Lipinski definition) is 2. The van der Waals surface area contributed by atoms with Gasteiger partial charge >= 0.3 is 5.69 Å². The molecule has 0 fully saturated rings. The Labute approximate surface area is 73.8 Å². The van der Waals surface area contributed by atoms with Crippen LogP contribution in [0.15, 0.2) is 9.59 Å². The Morgan fingerprint density at radius 3 is 2.69 bits per heavy atom. The molecule has 0 atom stereocenters. The van der Waals surface area contributed by atoms with Crippen LogP contribution in [0.25, 0.3) is 0 Å². The first-order chi connectivity index (χ1) is 6.00. The maximum Gasteiger partial charge on any atom is 0.326 e. The number of fused-ring (bicyclic) bond motifs is 1. The van der Waals surface area contributed by atoms with Gasteiger partial charge in [0.2, 0.25) is 0 Å². The molecule has 1 aromatic heterocycles. The minimum absolute atomic E-state index is 0.258. The zero-order valence-electron chi connectivity index (χ0n) is 7.43. The van der Waals surface area contributed by atoms with Crippen LogP contribution in [0.4, 0.5) is 0 Å². The smallest absolute Gasteiger partial charge is 0.326 e. The van der Waals surface area contributed by atoms with Crippen LogP contribution in [-0.4, -0.2) is 9.97 Å². The molecule has 0 unspecified atom stereocenters. The van der Waals surface area contributed by atoms with E-state index in [1.807, 2.05) is 13.8 Å². The van der Waals surface area contributed by atoms with Crippen molar-refractivity contribution in [1.82, 2.24) is 9.97 Å². The van der Waals surface area contributed by atoms with E-state index in [1.165, 1.54) is 0 Å². The third-order valence-corrected chi connectivity index (χ3v) is 2.22. The number of nitrogens with one attached hydrogen (secondary N) is 2. The van der Waals surface area contributed by atoms with Crippen LogP contribution in [0.2, 0.25) is 0 Å². The summed E-state index contributed by atoms with van der Waals surface area (Å²) >= 11 is 0. The van der Waals surface area contributed by atoms with E-state index < -0.39 is 11.3 Å². The topological polar surface area (TPSA) is 75.0 Å². The molecule has 0 saturated carbocycles. The lowest BCUT2D eigenvalue weighted by Gasteiger charge is -2.16. The summed E-state index contributed by atoms with van der Waals surface area (Å²) in [4.78, 5) is 27.0. The van der Waals surface area contributed by atoms with Crippen LogP contribution < -0.4 is 11.2 Å². The number of aromatic nitrogens is 2. The first-order valence-corrected chi connectivity index (χ1v) is 4.00. The Hall–Kier alpha value is -1.36. The van der Waals surface area contributed by atoms with Gasteiger partial charge in [0.25, 0.3) is 5.56 Å². The second-order valence-corrected chi connectivity index (χ2v) is 3.56. The van der Waals surface area contributed by atoms with Crippen LogP contribution in [0.3, 0.4) is 0 Å². The summed E-state index contributed by atoms with van der Waals surface area (Å²) in [5, 5.41) is 0. The van der Waals surface area contributed by atoms with Gasteiger partial charge in [-0.15, -0.1) is 0 Å². The fourth-order valence-corrected chi connectivity index (χ4v) is 1.49. The molecule has 13 heavy (non-hydrogen) atoms. The summed E-state index contributed by atoms with van der Waals surface area (Å²) in [5.74, 6) is 0. The number of ether oxygens (including phenoxy) is 1. The maximum absolute atomic E-state index is 11.3. The summed E-state index contributed by atoms with van der Waals surface area (Å²) in [6, 6.07) is 0. The highest BCUT2D eigenvalue weighted by molar-refractivity contribution is 5.24. The van der Waals surface area contributed by atoms with Crippen molar-refractivity contribution in [2.24, 2.45) is 0 Å². The molecule has 5 heteroatoms. The van der Waals surface area contributed by atoms with E-state index in [2.05, 4.69) is 9.97 Å². The number of hydrogen-bond acceptors (Lipinski definition) is 3. The molecule has 0 spiro atoms. The van der Waals surface area contributed by atoms with Gasteiger partial charge in [-0.1, -0.05) is 0 Å². The molecule has 0 radical (unpaired) electrons. The minimum Gasteiger partial charge on any atom is -0.364 e. The second-order valence-electron chi connectivity index (χ2n) is 3.56. The van der Waals surface area contributed by atoms with E-state index in [4.69, 9.17) is 4.74 Å². The maximum atomic E-state index is 11.3. The average molecular weight is 182 g/mol. The van der Waals surface area contributed by atoms with Crippen molar-refractivity contribution in [1.29, 1.82) is 0 Å². The Bertz CT molecular complexity index is 455. The highest BCUT2D eigenvalue weighted by Crippen LogP contribution is 2.30. The molecule has 5 nitrogen and oxygen atoms in total.